The van der Waals surface area contributed by atoms with Crippen LogP contribution in [-0.4, -0.2) is 14.5 Å². The van der Waals surface area contributed by atoms with Crippen molar-refractivity contribution in [3.05, 3.63) is 84.1 Å². The lowest BCUT2D eigenvalue weighted by Crippen LogP contribution is -2.02. The van der Waals surface area contributed by atoms with E-state index in [1.54, 1.807) is 0 Å². The third-order valence-corrected chi connectivity index (χ3v) is 5.40. The van der Waals surface area contributed by atoms with Crippen LogP contribution in [0.2, 0.25) is 0 Å². The molecular formula is C24H21N5. The van der Waals surface area contributed by atoms with Crippen molar-refractivity contribution in [1.29, 1.82) is 0 Å². The number of rotatable bonds is 3. The Kier molecular flexibility index (Phi) is 3.95. The molecule has 5 nitrogen and oxygen atoms in total. The van der Waals surface area contributed by atoms with Gasteiger partial charge in [0.05, 0.1) is 10.9 Å². The standard InChI is InChI=1S/C24H21N5/c1-15-13-19-21(12-11-20-22(19)23(25)28-24(26)27-20)29(15)14-16-7-9-18(10-8-16)17-5-3-2-4-6-17/h2-13H,14H2,1H3,(H4,25,26,27,28). The number of hydrogen-bond donors (Lipinski definition) is 2. The second-order valence-electron chi connectivity index (χ2n) is 7.29. The number of anilines is 2. The lowest BCUT2D eigenvalue weighted by atomic mass is 10.0. The third kappa shape index (κ3) is 2.97. The zero-order valence-electron chi connectivity index (χ0n) is 16.1. The Labute approximate surface area is 168 Å². The Morgan fingerprint density at radius 1 is 0.828 bits per heavy atom. The zero-order valence-corrected chi connectivity index (χ0v) is 16.1. The summed E-state index contributed by atoms with van der Waals surface area (Å²) in [5.41, 5.74) is 18.7. The number of nitrogen functional groups attached to an aromatic ring is 2. The van der Waals surface area contributed by atoms with Crippen molar-refractivity contribution in [2.75, 3.05) is 11.5 Å². The largest absolute Gasteiger partial charge is 0.383 e. The average molecular weight is 379 g/mol. The molecule has 0 saturated heterocycles. The Hall–Kier alpha value is -3.86. The SMILES string of the molecule is Cc1cc2c3c(N)nc(N)nc3ccc2n1Cc1ccc(-c2ccccc2)cc1. The van der Waals surface area contributed by atoms with Crippen LogP contribution in [0.25, 0.3) is 32.9 Å². The van der Waals surface area contributed by atoms with E-state index in [0.29, 0.717) is 5.82 Å². The molecule has 5 rings (SSSR count). The second-order valence-corrected chi connectivity index (χ2v) is 7.29. The summed E-state index contributed by atoms with van der Waals surface area (Å²) in [6, 6.07) is 25.3. The van der Waals surface area contributed by atoms with Gasteiger partial charge in [-0.15, -0.1) is 0 Å². The molecule has 0 radical (unpaired) electrons. The van der Waals surface area contributed by atoms with Gasteiger partial charge in [-0.2, -0.15) is 4.98 Å². The van der Waals surface area contributed by atoms with Gasteiger partial charge in [0.15, 0.2) is 0 Å². The summed E-state index contributed by atoms with van der Waals surface area (Å²) in [5.74, 6) is 0.617. The molecule has 29 heavy (non-hydrogen) atoms. The van der Waals surface area contributed by atoms with E-state index in [4.69, 9.17) is 11.5 Å². The van der Waals surface area contributed by atoms with E-state index in [9.17, 15) is 0 Å². The van der Waals surface area contributed by atoms with Gasteiger partial charge in [0, 0.05) is 23.1 Å². The predicted molar refractivity (Wildman–Crippen MR) is 120 cm³/mol. The Balaban J connectivity index is 1.55. The molecule has 5 heteroatoms. The van der Waals surface area contributed by atoms with Crippen molar-refractivity contribution < 1.29 is 0 Å². The molecule has 4 N–H and O–H groups in total. The van der Waals surface area contributed by atoms with Gasteiger partial charge in [0.2, 0.25) is 5.95 Å². The van der Waals surface area contributed by atoms with Gasteiger partial charge in [0.1, 0.15) is 5.82 Å². The number of aromatic nitrogens is 3. The number of fused-ring (bicyclic) bond motifs is 3. The van der Waals surface area contributed by atoms with Crippen LogP contribution in [-0.2, 0) is 6.54 Å². The smallest absolute Gasteiger partial charge is 0.222 e. The monoisotopic (exact) mass is 379 g/mol. The summed E-state index contributed by atoms with van der Waals surface area (Å²) in [7, 11) is 0. The van der Waals surface area contributed by atoms with Crippen LogP contribution in [0, 0.1) is 6.92 Å². The maximum atomic E-state index is 6.17. The Bertz CT molecular complexity index is 1340. The fourth-order valence-electron chi connectivity index (χ4n) is 3.97. The van der Waals surface area contributed by atoms with Gasteiger partial charge < -0.3 is 16.0 Å². The van der Waals surface area contributed by atoms with E-state index >= 15 is 0 Å². The number of hydrogen-bond acceptors (Lipinski definition) is 4. The molecule has 0 spiro atoms. The molecule has 5 aromatic rings. The minimum absolute atomic E-state index is 0.198. The van der Waals surface area contributed by atoms with Crippen LogP contribution < -0.4 is 11.5 Å². The molecule has 2 aromatic heterocycles. The van der Waals surface area contributed by atoms with Crippen molar-refractivity contribution in [3.63, 3.8) is 0 Å². The van der Waals surface area contributed by atoms with E-state index in [0.717, 1.165) is 34.0 Å². The quantitative estimate of drug-likeness (QED) is 0.473. The molecule has 142 valence electrons. The maximum Gasteiger partial charge on any atom is 0.222 e. The lowest BCUT2D eigenvalue weighted by molar-refractivity contribution is 0.805. The molecule has 0 atom stereocenters. The first kappa shape index (κ1) is 17.3. The first-order valence-corrected chi connectivity index (χ1v) is 9.56. The highest BCUT2D eigenvalue weighted by Crippen LogP contribution is 2.31. The minimum Gasteiger partial charge on any atom is -0.383 e. The van der Waals surface area contributed by atoms with Crippen molar-refractivity contribution in [2.24, 2.45) is 0 Å². The summed E-state index contributed by atoms with van der Waals surface area (Å²) in [5, 5.41) is 1.91. The van der Waals surface area contributed by atoms with Crippen molar-refractivity contribution >= 4 is 33.6 Å². The van der Waals surface area contributed by atoms with E-state index in [-0.39, 0.29) is 5.95 Å². The van der Waals surface area contributed by atoms with Crippen LogP contribution >= 0.6 is 0 Å². The molecule has 3 aromatic carbocycles. The first-order chi connectivity index (χ1) is 14.1. The molecule has 0 aliphatic heterocycles. The summed E-state index contributed by atoms with van der Waals surface area (Å²) >= 11 is 0. The molecule has 2 heterocycles. The van der Waals surface area contributed by atoms with Crippen LogP contribution in [0.3, 0.4) is 0 Å². The Morgan fingerprint density at radius 3 is 2.31 bits per heavy atom. The van der Waals surface area contributed by atoms with E-state index < -0.39 is 0 Å². The van der Waals surface area contributed by atoms with Crippen LogP contribution in [0.15, 0.2) is 72.8 Å². The fourth-order valence-corrected chi connectivity index (χ4v) is 3.97. The molecule has 0 unspecified atom stereocenters. The summed E-state index contributed by atoms with van der Waals surface area (Å²) in [4.78, 5) is 8.47. The molecule has 0 fully saturated rings. The highest BCUT2D eigenvalue weighted by molar-refractivity contribution is 6.10. The van der Waals surface area contributed by atoms with Crippen molar-refractivity contribution in [3.8, 4) is 11.1 Å². The topological polar surface area (TPSA) is 82.8 Å². The van der Waals surface area contributed by atoms with E-state index in [1.165, 1.54) is 16.7 Å². The summed E-state index contributed by atoms with van der Waals surface area (Å²) in [6.07, 6.45) is 0. The van der Waals surface area contributed by atoms with Gasteiger partial charge >= 0.3 is 0 Å². The molecule has 0 amide bonds. The van der Waals surface area contributed by atoms with E-state index in [1.807, 2.05) is 12.1 Å². The Morgan fingerprint density at radius 2 is 1.55 bits per heavy atom. The summed E-state index contributed by atoms with van der Waals surface area (Å²) < 4.78 is 2.29. The summed E-state index contributed by atoms with van der Waals surface area (Å²) in [6.45, 7) is 2.89. The van der Waals surface area contributed by atoms with E-state index in [2.05, 4.69) is 82.1 Å². The zero-order chi connectivity index (χ0) is 20.0. The van der Waals surface area contributed by atoms with Gasteiger partial charge in [-0.05, 0) is 41.8 Å². The highest BCUT2D eigenvalue weighted by atomic mass is 15.0. The van der Waals surface area contributed by atoms with Crippen molar-refractivity contribution in [2.45, 2.75) is 13.5 Å². The maximum absolute atomic E-state index is 6.17. The highest BCUT2D eigenvalue weighted by Gasteiger charge is 2.13. The molecule has 0 aliphatic rings. The van der Waals surface area contributed by atoms with Crippen LogP contribution in [0.4, 0.5) is 11.8 Å². The average Bonchev–Trinajstić information content (AvgIpc) is 3.04. The number of nitrogens with zero attached hydrogens (tertiary/aromatic N) is 3. The van der Waals surface area contributed by atoms with Crippen LogP contribution in [0.5, 0.6) is 0 Å². The molecule has 0 saturated carbocycles. The van der Waals surface area contributed by atoms with Gasteiger partial charge in [-0.25, -0.2) is 4.98 Å². The van der Waals surface area contributed by atoms with Gasteiger partial charge in [-0.1, -0.05) is 54.6 Å². The first-order valence-electron chi connectivity index (χ1n) is 9.56. The second kappa shape index (κ2) is 6.63. The molecule has 0 aliphatic carbocycles. The number of nitrogens with two attached hydrogens (primary N) is 2. The minimum atomic E-state index is 0.198. The fraction of sp³-hybridized carbons (Fsp3) is 0.0833. The molecular weight excluding hydrogens is 358 g/mol. The third-order valence-electron chi connectivity index (χ3n) is 5.40. The number of benzene rings is 3. The molecule has 0 bridgehead atoms. The van der Waals surface area contributed by atoms with Crippen molar-refractivity contribution in [1.82, 2.24) is 14.5 Å². The number of aryl methyl sites for hydroxylation is 1. The van der Waals surface area contributed by atoms with Gasteiger partial charge in [0.25, 0.3) is 0 Å². The van der Waals surface area contributed by atoms with Crippen LogP contribution in [0.1, 0.15) is 11.3 Å². The lowest BCUT2D eigenvalue weighted by Gasteiger charge is -2.10. The van der Waals surface area contributed by atoms with Gasteiger partial charge in [-0.3, -0.25) is 0 Å². The predicted octanol–water partition coefficient (Wildman–Crippen LogP) is 4.77. The normalized spacial score (nSPS) is 11.3.